The summed E-state index contributed by atoms with van der Waals surface area (Å²) in [6, 6.07) is 18.3. The zero-order chi connectivity index (χ0) is 22.3. The summed E-state index contributed by atoms with van der Waals surface area (Å²) in [4.78, 5) is 16.9. The van der Waals surface area contributed by atoms with E-state index in [0.29, 0.717) is 12.3 Å². The van der Waals surface area contributed by atoms with E-state index in [1.807, 2.05) is 44.4 Å². The van der Waals surface area contributed by atoms with E-state index in [0.717, 1.165) is 41.1 Å². The molecule has 0 atom stereocenters. The molecule has 0 bridgehead atoms. The van der Waals surface area contributed by atoms with Crippen LogP contribution in [0.15, 0.2) is 59.8 Å². The van der Waals surface area contributed by atoms with Crippen LogP contribution in [0.25, 0.3) is 5.69 Å². The maximum Gasteiger partial charge on any atom is 0.232 e. The third-order valence-electron chi connectivity index (χ3n) is 5.54. The van der Waals surface area contributed by atoms with Gasteiger partial charge in [0.2, 0.25) is 11.9 Å². The molecule has 1 amide bonds. The molecule has 3 aromatic rings. The van der Waals surface area contributed by atoms with Crippen LogP contribution in [0.3, 0.4) is 0 Å². The van der Waals surface area contributed by atoms with Crippen LogP contribution >= 0.6 is 11.8 Å². The lowest BCUT2D eigenvalue weighted by Gasteiger charge is -2.27. The van der Waals surface area contributed by atoms with Crippen LogP contribution in [0.2, 0.25) is 0 Å². The molecule has 2 heterocycles. The van der Waals surface area contributed by atoms with Crippen molar-refractivity contribution in [2.45, 2.75) is 31.0 Å². The van der Waals surface area contributed by atoms with Gasteiger partial charge in [-0.2, -0.15) is 0 Å². The molecule has 0 aliphatic carbocycles. The first-order chi connectivity index (χ1) is 15.6. The van der Waals surface area contributed by atoms with Crippen molar-refractivity contribution in [1.29, 1.82) is 0 Å². The number of carbonyl (C=O) groups excluding carboxylic acids is 1. The standard InChI is InChI=1S/C24H30N6OS/c1-28(2)20-13-11-19(12-14-20)17-25-22(31)18-32-24-27-26-23(29-15-7-4-8-16-29)30(24)21-9-5-3-6-10-21/h3,5-6,9-14H,4,7-8,15-18H2,1-2H3,(H,25,31). The number of nitrogens with zero attached hydrogens (tertiary/aromatic N) is 5. The van der Waals surface area contributed by atoms with Gasteiger partial charge in [-0.3, -0.25) is 9.36 Å². The molecular weight excluding hydrogens is 420 g/mol. The molecule has 4 rings (SSSR count). The Bertz CT molecular complexity index is 1010. The highest BCUT2D eigenvalue weighted by atomic mass is 32.2. The smallest absolute Gasteiger partial charge is 0.232 e. The molecule has 1 aliphatic heterocycles. The average molecular weight is 451 g/mol. The zero-order valence-corrected chi connectivity index (χ0v) is 19.5. The first-order valence-corrected chi connectivity index (χ1v) is 12.0. The van der Waals surface area contributed by atoms with E-state index >= 15 is 0 Å². The van der Waals surface area contributed by atoms with Crippen LogP contribution in [0.1, 0.15) is 24.8 Å². The second-order valence-corrected chi connectivity index (χ2v) is 9.07. The van der Waals surface area contributed by atoms with E-state index in [1.165, 1.54) is 31.0 Å². The molecule has 168 valence electrons. The SMILES string of the molecule is CN(C)c1ccc(CNC(=O)CSc2nnc(N3CCCCC3)n2-c2ccccc2)cc1. The van der Waals surface area contributed by atoms with Crippen LogP contribution in [0.5, 0.6) is 0 Å². The lowest BCUT2D eigenvalue weighted by Crippen LogP contribution is -2.31. The molecule has 32 heavy (non-hydrogen) atoms. The number of hydrogen-bond donors (Lipinski definition) is 1. The Hall–Kier alpha value is -3.00. The van der Waals surface area contributed by atoms with Crippen LogP contribution in [-0.2, 0) is 11.3 Å². The molecule has 0 spiro atoms. The molecule has 0 unspecified atom stereocenters. The fourth-order valence-electron chi connectivity index (χ4n) is 3.75. The molecule has 1 aromatic heterocycles. The molecule has 0 radical (unpaired) electrons. The van der Waals surface area contributed by atoms with Crippen LogP contribution in [0.4, 0.5) is 11.6 Å². The van der Waals surface area contributed by atoms with E-state index in [-0.39, 0.29) is 5.91 Å². The van der Waals surface area contributed by atoms with Crippen molar-refractivity contribution in [3.8, 4) is 5.69 Å². The number of thioether (sulfide) groups is 1. The van der Waals surface area contributed by atoms with Gasteiger partial charge in [-0.1, -0.05) is 42.1 Å². The van der Waals surface area contributed by atoms with Crippen molar-refractivity contribution in [2.24, 2.45) is 0 Å². The van der Waals surface area contributed by atoms with E-state index in [1.54, 1.807) is 0 Å². The second-order valence-electron chi connectivity index (χ2n) is 8.13. The number of para-hydroxylation sites is 1. The highest BCUT2D eigenvalue weighted by Crippen LogP contribution is 2.28. The third kappa shape index (κ3) is 5.43. The maximum atomic E-state index is 12.5. The van der Waals surface area contributed by atoms with Crippen molar-refractivity contribution in [3.63, 3.8) is 0 Å². The zero-order valence-electron chi connectivity index (χ0n) is 18.7. The van der Waals surface area contributed by atoms with E-state index in [4.69, 9.17) is 0 Å². The minimum atomic E-state index is -0.0196. The number of hydrogen-bond acceptors (Lipinski definition) is 6. The first-order valence-electron chi connectivity index (χ1n) is 11.0. The number of anilines is 2. The fourth-order valence-corrected chi connectivity index (χ4v) is 4.53. The predicted molar refractivity (Wildman–Crippen MR) is 131 cm³/mol. The number of aromatic nitrogens is 3. The molecule has 1 aliphatic rings. The van der Waals surface area contributed by atoms with Crippen LogP contribution in [0, 0.1) is 0 Å². The number of piperidine rings is 1. The van der Waals surface area contributed by atoms with Crippen molar-refractivity contribution in [2.75, 3.05) is 42.7 Å². The monoisotopic (exact) mass is 450 g/mol. The molecule has 7 nitrogen and oxygen atoms in total. The van der Waals surface area contributed by atoms with Gasteiger partial charge in [-0.25, -0.2) is 0 Å². The topological polar surface area (TPSA) is 66.3 Å². The fraction of sp³-hybridized carbons (Fsp3) is 0.375. The van der Waals surface area contributed by atoms with Crippen molar-refractivity contribution in [1.82, 2.24) is 20.1 Å². The van der Waals surface area contributed by atoms with Gasteiger partial charge in [-0.15, -0.1) is 10.2 Å². The van der Waals surface area contributed by atoms with Crippen LogP contribution < -0.4 is 15.1 Å². The van der Waals surface area contributed by atoms with Crippen LogP contribution in [-0.4, -0.2) is 53.6 Å². The number of benzene rings is 2. The maximum absolute atomic E-state index is 12.5. The number of nitrogens with one attached hydrogen (secondary N) is 1. The van der Waals surface area contributed by atoms with Gasteiger partial charge in [0.1, 0.15) is 0 Å². The predicted octanol–water partition coefficient (Wildman–Crippen LogP) is 3.73. The summed E-state index contributed by atoms with van der Waals surface area (Å²) in [5.74, 6) is 1.13. The largest absolute Gasteiger partial charge is 0.378 e. The Morgan fingerprint density at radius 2 is 1.72 bits per heavy atom. The lowest BCUT2D eigenvalue weighted by molar-refractivity contribution is -0.118. The van der Waals surface area contributed by atoms with Crippen molar-refractivity contribution < 1.29 is 4.79 Å². The lowest BCUT2D eigenvalue weighted by atomic mass is 10.1. The summed E-state index contributed by atoms with van der Waals surface area (Å²) in [6.45, 7) is 2.49. The Kier molecular flexibility index (Phi) is 7.32. The highest BCUT2D eigenvalue weighted by molar-refractivity contribution is 7.99. The molecular formula is C24H30N6OS. The van der Waals surface area contributed by atoms with E-state index in [9.17, 15) is 4.79 Å². The van der Waals surface area contributed by atoms with Crippen molar-refractivity contribution in [3.05, 3.63) is 60.2 Å². The third-order valence-corrected chi connectivity index (χ3v) is 6.47. The van der Waals surface area contributed by atoms with E-state index < -0.39 is 0 Å². The Morgan fingerprint density at radius 3 is 2.41 bits per heavy atom. The molecule has 1 fully saturated rings. The van der Waals surface area contributed by atoms with Gasteiger partial charge in [-0.05, 0) is 49.1 Å². The highest BCUT2D eigenvalue weighted by Gasteiger charge is 2.22. The summed E-state index contributed by atoms with van der Waals surface area (Å²) >= 11 is 1.42. The van der Waals surface area contributed by atoms with Gasteiger partial charge in [0.25, 0.3) is 0 Å². The summed E-state index contributed by atoms with van der Waals surface area (Å²) < 4.78 is 2.07. The van der Waals surface area contributed by atoms with Crippen molar-refractivity contribution >= 4 is 29.3 Å². The Morgan fingerprint density at radius 1 is 1.00 bits per heavy atom. The molecule has 1 saturated heterocycles. The first kappa shape index (κ1) is 22.2. The summed E-state index contributed by atoms with van der Waals surface area (Å²) in [5.41, 5.74) is 3.23. The summed E-state index contributed by atoms with van der Waals surface area (Å²) in [7, 11) is 4.03. The summed E-state index contributed by atoms with van der Waals surface area (Å²) in [5, 5.41) is 12.7. The number of amides is 1. The Labute approximate surface area is 193 Å². The molecule has 8 heteroatoms. The minimum absolute atomic E-state index is 0.0196. The van der Waals surface area contributed by atoms with Gasteiger partial charge in [0, 0.05) is 39.4 Å². The molecule has 2 aromatic carbocycles. The molecule has 0 saturated carbocycles. The van der Waals surface area contributed by atoms with E-state index in [2.05, 4.69) is 54.1 Å². The quantitative estimate of drug-likeness (QED) is 0.528. The van der Waals surface area contributed by atoms with Gasteiger partial charge in [0.15, 0.2) is 5.16 Å². The number of carbonyl (C=O) groups is 1. The Balaban J connectivity index is 1.41. The second kappa shape index (κ2) is 10.5. The van der Waals surface area contributed by atoms with Gasteiger partial charge < -0.3 is 15.1 Å². The minimum Gasteiger partial charge on any atom is -0.378 e. The number of rotatable bonds is 8. The summed E-state index contributed by atoms with van der Waals surface area (Å²) in [6.07, 6.45) is 3.60. The molecule has 1 N–H and O–H groups in total. The van der Waals surface area contributed by atoms with Gasteiger partial charge >= 0.3 is 0 Å². The average Bonchev–Trinajstić information content (AvgIpc) is 3.27. The van der Waals surface area contributed by atoms with Gasteiger partial charge in [0.05, 0.1) is 11.4 Å². The normalized spacial score (nSPS) is 13.8.